The van der Waals surface area contributed by atoms with E-state index in [1.54, 1.807) is 0 Å². The summed E-state index contributed by atoms with van der Waals surface area (Å²) in [5.41, 5.74) is 16.0. The van der Waals surface area contributed by atoms with Crippen molar-refractivity contribution in [1.29, 1.82) is 0 Å². The molecule has 10 aromatic rings. The summed E-state index contributed by atoms with van der Waals surface area (Å²) < 4.78 is 8.99. The Morgan fingerprint density at radius 1 is 0.379 bits per heavy atom. The number of hydrogen-bond donors (Lipinski definition) is 0. The lowest BCUT2D eigenvalue weighted by Gasteiger charge is -2.39. The number of nitrogens with zero attached hydrogens (tertiary/aromatic N) is 2. The van der Waals surface area contributed by atoms with E-state index in [1.165, 1.54) is 60.8 Å². The van der Waals surface area contributed by atoms with Crippen LogP contribution in [-0.4, -0.2) is 4.57 Å². The molecule has 1 aliphatic carbocycles. The predicted octanol–water partition coefficient (Wildman–Crippen LogP) is 14.4. The third kappa shape index (κ3) is 4.62. The molecule has 2 aliphatic rings. The zero-order chi connectivity index (χ0) is 38.2. The largest absolute Gasteiger partial charge is 0.457 e. The second kappa shape index (κ2) is 12.7. The Hall–Kier alpha value is -7.62. The molecule has 12 rings (SSSR count). The summed E-state index contributed by atoms with van der Waals surface area (Å²) in [6.07, 6.45) is 0. The maximum Gasteiger partial charge on any atom is 0.132 e. The van der Waals surface area contributed by atoms with Crippen molar-refractivity contribution in [2.45, 2.75) is 5.41 Å². The lowest BCUT2D eigenvalue weighted by atomic mass is 9.66. The molecule has 2 heterocycles. The van der Waals surface area contributed by atoms with Gasteiger partial charge < -0.3 is 14.2 Å². The van der Waals surface area contributed by atoms with E-state index in [0.717, 1.165) is 39.8 Å². The fraction of sp³-hybridized carbons (Fsp3) is 0.0182. The van der Waals surface area contributed by atoms with Gasteiger partial charge in [0.25, 0.3) is 0 Å². The predicted molar refractivity (Wildman–Crippen MR) is 238 cm³/mol. The van der Waals surface area contributed by atoms with Gasteiger partial charge in [-0.2, -0.15) is 0 Å². The molecule has 272 valence electrons. The van der Waals surface area contributed by atoms with Crippen molar-refractivity contribution in [3.8, 4) is 39.4 Å². The van der Waals surface area contributed by atoms with Crippen LogP contribution < -0.4 is 9.64 Å². The molecule has 0 saturated carbocycles. The maximum atomic E-state index is 6.60. The highest BCUT2D eigenvalue weighted by atomic mass is 16.5. The number of para-hydroxylation sites is 5. The average Bonchev–Trinajstić information content (AvgIpc) is 3.78. The van der Waals surface area contributed by atoms with E-state index in [-0.39, 0.29) is 0 Å². The molecule has 0 bridgehead atoms. The summed E-state index contributed by atoms with van der Waals surface area (Å²) in [5, 5.41) is 2.50. The van der Waals surface area contributed by atoms with E-state index in [1.807, 2.05) is 0 Å². The molecule has 0 atom stereocenters. The fourth-order valence-corrected chi connectivity index (χ4v) is 9.95. The Balaban J connectivity index is 1.05. The normalized spacial score (nSPS) is 13.1. The zero-order valence-corrected chi connectivity index (χ0v) is 31.6. The fourth-order valence-electron chi connectivity index (χ4n) is 9.95. The van der Waals surface area contributed by atoms with Crippen molar-refractivity contribution < 1.29 is 4.74 Å². The summed E-state index contributed by atoms with van der Waals surface area (Å²) in [5.74, 6) is 1.80. The van der Waals surface area contributed by atoms with Gasteiger partial charge in [-0.25, -0.2) is 0 Å². The van der Waals surface area contributed by atoms with Crippen LogP contribution in [0.1, 0.15) is 22.3 Å². The van der Waals surface area contributed by atoms with Crippen molar-refractivity contribution in [3.05, 3.63) is 241 Å². The van der Waals surface area contributed by atoms with Crippen molar-refractivity contribution in [2.24, 2.45) is 0 Å². The van der Waals surface area contributed by atoms with Crippen LogP contribution >= 0.6 is 0 Å². The lowest BCUT2D eigenvalue weighted by molar-refractivity contribution is 0.436. The molecular weight excluding hydrogens is 705 g/mol. The van der Waals surface area contributed by atoms with Gasteiger partial charge in [0.1, 0.15) is 11.5 Å². The highest BCUT2D eigenvalue weighted by Crippen LogP contribution is 2.63. The Bertz CT molecular complexity index is 3130. The molecule has 0 N–H and O–H groups in total. The number of hydrogen-bond acceptors (Lipinski definition) is 2. The minimum absolute atomic E-state index is 0.520. The Morgan fingerprint density at radius 2 is 0.897 bits per heavy atom. The quantitative estimate of drug-likeness (QED) is 0.175. The Kier molecular flexibility index (Phi) is 7.14. The smallest absolute Gasteiger partial charge is 0.132 e. The second-order valence-corrected chi connectivity index (χ2v) is 15.2. The first-order chi connectivity index (χ1) is 28.8. The molecule has 58 heavy (non-hydrogen) atoms. The molecular formula is C55H36N2O. The first-order valence-electron chi connectivity index (χ1n) is 19.9. The number of ether oxygens (including phenoxy) is 1. The molecule has 0 radical (unpaired) electrons. The van der Waals surface area contributed by atoms with Crippen LogP contribution in [0.5, 0.6) is 11.5 Å². The van der Waals surface area contributed by atoms with Gasteiger partial charge in [-0.05, 0) is 100 Å². The minimum Gasteiger partial charge on any atom is -0.457 e. The van der Waals surface area contributed by atoms with Crippen LogP contribution in [0, 0.1) is 0 Å². The average molecular weight is 741 g/mol. The van der Waals surface area contributed by atoms with Crippen molar-refractivity contribution in [3.63, 3.8) is 0 Å². The van der Waals surface area contributed by atoms with E-state index in [2.05, 4.69) is 228 Å². The van der Waals surface area contributed by atoms with Crippen molar-refractivity contribution >= 4 is 38.9 Å². The van der Waals surface area contributed by atoms with Gasteiger partial charge in [-0.15, -0.1) is 0 Å². The van der Waals surface area contributed by atoms with Gasteiger partial charge in [-0.3, -0.25) is 0 Å². The second-order valence-electron chi connectivity index (χ2n) is 15.2. The van der Waals surface area contributed by atoms with E-state index >= 15 is 0 Å². The van der Waals surface area contributed by atoms with E-state index in [4.69, 9.17) is 4.74 Å². The van der Waals surface area contributed by atoms with E-state index in [9.17, 15) is 0 Å². The summed E-state index contributed by atoms with van der Waals surface area (Å²) >= 11 is 0. The SMILES string of the molecule is c1ccc(N(c2cccc(-c3cccc4c3-c3ccccc3C43c4ccccc4Oc4ccccc43)c2)c2cccc(-n3c4ccccc4c4ccccc43)c2)cc1. The number of anilines is 3. The molecule has 9 aromatic carbocycles. The first kappa shape index (κ1) is 32.6. The third-order valence-corrected chi connectivity index (χ3v) is 12.2. The Morgan fingerprint density at radius 3 is 1.62 bits per heavy atom. The number of benzene rings is 9. The van der Waals surface area contributed by atoms with Gasteiger partial charge >= 0.3 is 0 Å². The minimum atomic E-state index is -0.520. The van der Waals surface area contributed by atoms with Gasteiger partial charge in [0.2, 0.25) is 0 Å². The molecule has 1 aromatic heterocycles. The van der Waals surface area contributed by atoms with E-state index in [0.29, 0.717) is 0 Å². The standard InChI is InChI=1S/C55H36N2O/c1-2-18-38(19-3-1)56(40-21-15-22-41(36-40)57-50-31-10-5-23-43(50)44-24-6-11-32-51(44)57)39-20-14-17-37(35-39)42-26-16-30-49-54(42)45-25-4-7-27-46(45)55(49)47-28-8-12-33-52(47)58-53-34-13-9-29-48(53)55/h1-36H. The van der Waals surface area contributed by atoms with Crippen LogP contribution in [0.15, 0.2) is 218 Å². The Labute approximate surface area is 337 Å². The van der Waals surface area contributed by atoms with Crippen molar-refractivity contribution in [1.82, 2.24) is 4.57 Å². The summed E-state index contributed by atoms with van der Waals surface area (Å²) in [6, 6.07) is 79.0. The molecule has 0 amide bonds. The molecule has 0 unspecified atom stereocenters. The molecule has 1 aliphatic heterocycles. The van der Waals surface area contributed by atoms with Crippen LogP contribution in [0.3, 0.4) is 0 Å². The van der Waals surface area contributed by atoms with Crippen LogP contribution in [-0.2, 0) is 5.41 Å². The molecule has 0 fully saturated rings. The number of rotatable bonds is 5. The maximum absolute atomic E-state index is 6.60. The van der Waals surface area contributed by atoms with Crippen LogP contribution in [0.25, 0.3) is 49.7 Å². The molecule has 0 saturated heterocycles. The third-order valence-electron chi connectivity index (χ3n) is 12.2. The number of aromatic nitrogens is 1. The van der Waals surface area contributed by atoms with Gasteiger partial charge in [0.15, 0.2) is 0 Å². The summed E-state index contributed by atoms with van der Waals surface area (Å²) in [4.78, 5) is 2.38. The summed E-state index contributed by atoms with van der Waals surface area (Å²) in [6.45, 7) is 0. The highest BCUT2D eigenvalue weighted by Gasteiger charge is 2.51. The highest BCUT2D eigenvalue weighted by molar-refractivity contribution is 6.09. The molecule has 3 nitrogen and oxygen atoms in total. The molecule has 1 spiro atoms. The first-order valence-corrected chi connectivity index (χ1v) is 19.9. The van der Waals surface area contributed by atoms with Crippen LogP contribution in [0.4, 0.5) is 17.1 Å². The topological polar surface area (TPSA) is 17.4 Å². The van der Waals surface area contributed by atoms with Gasteiger partial charge in [0.05, 0.1) is 16.4 Å². The van der Waals surface area contributed by atoms with E-state index < -0.39 is 5.41 Å². The van der Waals surface area contributed by atoms with Crippen molar-refractivity contribution in [2.75, 3.05) is 4.90 Å². The van der Waals surface area contributed by atoms with Crippen LogP contribution in [0.2, 0.25) is 0 Å². The van der Waals surface area contributed by atoms with Gasteiger partial charge in [0, 0.05) is 44.6 Å². The monoisotopic (exact) mass is 740 g/mol. The van der Waals surface area contributed by atoms with Gasteiger partial charge in [-0.1, -0.05) is 152 Å². The molecule has 3 heteroatoms. The zero-order valence-electron chi connectivity index (χ0n) is 31.6. The lowest BCUT2D eigenvalue weighted by Crippen LogP contribution is -2.32. The summed E-state index contributed by atoms with van der Waals surface area (Å²) in [7, 11) is 0. The number of fused-ring (bicyclic) bond motifs is 12.